The molecular formula is C19H20ClN3OS. The molecule has 1 atom stereocenters. The molecule has 0 bridgehead atoms. The summed E-state index contributed by atoms with van der Waals surface area (Å²) >= 11 is 7.68. The van der Waals surface area contributed by atoms with E-state index in [2.05, 4.69) is 17.2 Å². The molecule has 4 nitrogen and oxygen atoms in total. The number of halogens is 1. The van der Waals surface area contributed by atoms with E-state index >= 15 is 0 Å². The Bertz CT molecular complexity index is 857. The van der Waals surface area contributed by atoms with Crippen LogP contribution in [0, 0.1) is 5.92 Å². The standard InChI is InChI=1S/C19H20ClN3OS/c1-23-16(7-8-22-23)15-11-18(25-19(15)20)17(24)10-14(12-21)9-13-5-3-2-4-6-13/h2-8,11,14H,9-10,12,21H2,1H3/t14-/m1/s1. The molecule has 0 aliphatic heterocycles. The molecule has 3 rings (SSSR count). The lowest BCUT2D eigenvalue weighted by atomic mass is 9.94. The number of hydrogen-bond acceptors (Lipinski definition) is 4. The zero-order valence-electron chi connectivity index (χ0n) is 14.0. The summed E-state index contributed by atoms with van der Waals surface area (Å²) < 4.78 is 2.36. The fourth-order valence-electron chi connectivity index (χ4n) is 2.87. The van der Waals surface area contributed by atoms with Crippen LogP contribution in [-0.4, -0.2) is 22.1 Å². The number of rotatable bonds is 7. The van der Waals surface area contributed by atoms with Crippen LogP contribution >= 0.6 is 22.9 Å². The van der Waals surface area contributed by atoms with Crippen LogP contribution in [0.25, 0.3) is 11.3 Å². The molecule has 0 saturated carbocycles. The van der Waals surface area contributed by atoms with Gasteiger partial charge in [0.05, 0.1) is 10.6 Å². The largest absolute Gasteiger partial charge is 0.330 e. The lowest BCUT2D eigenvalue weighted by Gasteiger charge is -2.13. The van der Waals surface area contributed by atoms with Gasteiger partial charge in [0, 0.05) is 25.2 Å². The van der Waals surface area contributed by atoms with Crippen LogP contribution in [0.3, 0.4) is 0 Å². The second kappa shape index (κ2) is 7.95. The first kappa shape index (κ1) is 17.9. The Morgan fingerprint density at radius 3 is 2.72 bits per heavy atom. The maximum atomic E-state index is 12.7. The lowest BCUT2D eigenvalue weighted by molar-refractivity contribution is 0.0966. The third kappa shape index (κ3) is 4.18. The quantitative estimate of drug-likeness (QED) is 0.631. The summed E-state index contributed by atoms with van der Waals surface area (Å²) in [6, 6.07) is 13.9. The van der Waals surface area contributed by atoms with Gasteiger partial charge in [0.2, 0.25) is 0 Å². The summed E-state index contributed by atoms with van der Waals surface area (Å²) in [5.74, 6) is 0.211. The number of benzene rings is 1. The minimum atomic E-state index is 0.0895. The number of aromatic nitrogens is 2. The van der Waals surface area contributed by atoms with Crippen molar-refractivity contribution in [2.45, 2.75) is 12.8 Å². The van der Waals surface area contributed by atoms with Crippen LogP contribution in [0.15, 0.2) is 48.7 Å². The first-order valence-electron chi connectivity index (χ1n) is 8.13. The summed E-state index contributed by atoms with van der Waals surface area (Å²) in [4.78, 5) is 13.4. The molecule has 6 heteroatoms. The van der Waals surface area contributed by atoms with Gasteiger partial charge in [0.1, 0.15) is 4.34 Å². The van der Waals surface area contributed by atoms with Crippen molar-refractivity contribution >= 4 is 28.7 Å². The summed E-state index contributed by atoms with van der Waals surface area (Å²) in [6.45, 7) is 0.480. The molecule has 0 saturated heterocycles. The van der Waals surface area contributed by atoms with E-state index in [1.54, 1.807) is 10.9 Å². The SMILES string of the molecule is Cn1nccc1-c1cc(C(=O)C[C@H](CN)Cc2ccccc2)sc1Cl. The molecule has 2 aromatic heterocycles. The van der Waals surface area contributed by atoms with Crippen LogP contribution in [0.1, 0.15) is 21.7 Å². The van der Waals surface area contributed by atoms with Crippen molar-refractivity contribution in [2.75, 3.05) is 6.54 Å². The molecule has 0 fully saturated rings. The number of nitrogens with two attached hydrogens (primary N) is 1. The summed E-state index contributed by atoms with van der Waals surface area (Å²) in [5.41, 5.74) is 8.84. The number of carbonyl (C=O) groups is 1. The molecule has 2 heterocycles. The zero-order valence-corrected chi connectivity index (χ0v) is 15.6. The maximum absolute atomic E-state index is 12.7. The smallest absolute Gasteiger partial charge is 0.173 e. The summed E-state index contributed by atoms with van der Waals surface area (Å²) in [5, 5.41) is 4.16. The van der Waals surface area contributed by atoms with E-state index in [-0.39, 0.29) is 11.7 Å². The number of ketones is 1. The predicted molar refractivity (Wildman–Crippen MR) is 103 cm³/mol. The number of thiophene rings is 1. The minimum absolute atomic E-state index is 0.0895. The Labute approximate surface area is 156 Å². The highest BCUT2D eigenvalue weighted by atomic mass is 35.5. The highest BCUT2D eigenvalue weighted by Gasteiger charge is 2.20. The molecule has 2 N–H and O–H groups in total. The zero-order chi connectivity index (χ0) is 17.8. The molecule has 3 aromatic rings. The number of hydrogen-bond donors (Lipinski definition) is 1. The van der Waals surface area contributed by atoms with E-state index in [1.165, 1.54) is 16.9 Å². The highest BCUT2D eigenvalue weighted by Crippen LogP contribution is 2.36. The fraction of sp³-hybridized carbons (Fsp3) is 0.263. The van der Waals surface area contributed by atoms with Crippen LogP contribution in [0.4, 0.5) is 0 Å². The van der Waals surface area contributed by atoms with Gasteiger partial charge in [-0.05, 0) is 36.6 Å². The van der Waals surface area contributed by atoms with E-state index in [0.29, 0.717) is 22.2 Å². The van der Waals surface area contributed by atoms with Gasteiger partial charge in [-0.15, -0.1) is 11.3 Å². The van der Waals surface area contributed by atoms with Crippen LogP contribution in [0.2, 0.25) is 4.34 Å². The van der Waals surface area contributed by atoms with E-state index in [0.717, 1.165) is 17.7 Å². The average Bonchev–Trinajstić information content (AvgIpc) is 3.20. The first-order chi connectivity index (χ1) is 12.1. The van der Waals surface area contributed by atoms with E-state index in [9.17, 15) is 4.79 Å². The molecule has 0 spiro atoms. The normalized spacial score (nSPS) is 12.3. The molecule has 0 radical (unpaired) electrons. The van der Waals surface area contributed by atoms with Gasteiger partial charge in [-0.25, -0.2) is 0 Å². The Morgan fingerprint density at radius 2 is 2.08 bits per heavy atom. The first-order valence-corrected chi connectivity index (χ1v) is 9.32. The molecule has 0 amide bonds. The molecule has 25 heavy (non-hydrogen) atoms. The number of nitrogens with zero attached hydrogens (tertiary/aromatic N) is 2. The van der Waals surface area contributed by atoms with Gasteiger partial charge in [-0.1, -0.05) is 41.9 Å². The summed E-state index contributed by atoms with van der Waals surface area (Å²) in [6.07, 6.45) is 2.94. The number of aryl methyl sites for hydroxylation is 1. The van der Waals surface area contributed by atoms with Crippen molar-refractivity contribution in [3.8, 4) is 11.3 Å². The van der Waals surface area contributed by atoms with E-state index < -0.39 is 0 Å². The van der Waals surface area contributed by atoms with E-state index in [1.807, 2.05) is 37.4 Å². The van der Waals surface area contributed by atoms with Crippen molar-refractivity contribution in [3.63, 3.8) is 0 Å². The monoisotopic (exact) mass is 373 g/mol. The van der Waals surface area contributed by atoms with Gasteiger partial charge >= 0.3 is 0 Å². The second-order valence-electron chi connectivity index (χ2n) is 6.06. The third-order valence-corrected chi connectivity index (χ3v) is 5.63. The maximum Gasteiger partial charge on any atom is 0.173 e. The Morgan fingerprint density at radius 1 is 1.32 bits per heavy atom. The Balaban J connectivity index is 1.73. The molecule has 1 aromatic carbocycles. The Kier molecular flexibility index (Phi) is 5.68. The second-order valence-corrected chi connectivity index (χ2v) is 7.71. The van der Waals surface area contributed by atoms with Crippen molar-refractivity contribution < 1.29 is 4.79 Å². The predicted octanol–water partition coefficient (Wildman–Crippen LogP) is 4.19. The van der Waals surface area contributed by atoms with Gasteiger partial charge < -0.3 is 5.73 Å². The van der Waals surface area contributed by atoms with Gasteiger partial charge in [0.15, 0.2) is 5.78 Å². The molecule has 0 aliphatic carbocycles. The molecule has 0 aliphatic rings. The topological polar surface area (TPSA) is 60.9 Å². The van der Waals surface area contributed by atoms with Crippen molar-refractivity contribution in [1.29, 1.82) is 0 Å². The number of Topliss-reactive ketones (excluding diaryl/α,β-unsaturated/α-hetero) is 1. The molecular weight excluding hydrogens is 354 g/mol. The van der Waals surface area contributed by atoms with Crippen molar-refractivity contribution in [1.82, 2.24) is 9.78 Å². The Hall–Kier alpha value is -1.95. The molecule has 130 valence electrons. The minimum Gasteiger partial charge on any atom is -0.330 e. The van der Waals surface area contributed by atoms with Crippen LogP contribution in [-0.2, 0) is 13.5 Å². The third-order valence-electron chi connectivity index (χ3n) is 4.23. The average molecular weight is 374 g/mol. The fourth-order valence-corrected chi connectivity index (χ4v) is 4.11. The van der Waals surface area contributed by atoms with E-state index in [4.69, 9.17) is 17.3 Å². The number of carbonyl (C=O) groups excluding carboxylic acids is 1. The highest BCUT2D eigenvalue weighted by molar-refractivity contribution is 7.18. The van der Waals surface area contributed by atoms with Gasteiger partial charge in [0.25, 0.3) is 0 Å². The lowest BCUT2D eigenvalue weighted by Crippen LogP contribution is -2.20. The summed E-state index contributed by atoms with van der Waals surface area (Å²) in [7, 11) is 1.86. The molecule has 0 unspecified atom stereocenters. The van der Waals surface area contributed by atoms with Gasteiger partial charge in [-0.2, -0.15) is 5.10 Å². The van der Waals surface area contributed by atoms with Crippen LogP contribution in [0.5, 0.6) is 0 Å². The van der Waals surface area contributed by atoms with Crippen molar-refractivity contribution in [2.24, 2.45) is 18.7 Å². The van der Waals surface area contributed by atoms with Crippen LogP contribution < -0.4 is 5.73 Å². The van der Waals surface area contributed by atoms with Gasteiger partial charge in [-0.3, -0.25) is 9.48 Å². The van der Waals surface area contributed by atoms with Crippen molar-refractivity contribution in [3.05, 3.63) is 63.4 Å².